The molecule has 0 bridgehead atoms. The molecule has 1 aliphatic heterocycles. The second kappa shape index (κ2) is 36.3. The Kier molecular flexibility index (Phi) is 32.6. The minimum Gasteiger partial charge on any atom is -0.530 e. The van der Waals surface area contributed by atoms with E-state index >= 15 is 0 Å². The first-order valence-electron chi connectivity index (χ1n) is 23.0. The third-order valence-electron chi connectivity index (χ3n) is 10.1. The average Bonchev–Trinajstić information content (AvgIpc) is 3.74. The van der Waals surface area contributed by atoms with E-state index in [-0.39, 0.29) is 17.9 Å². The van der Waals surface area contributed by atoms with Crippen LogP contribution in [-0.2, 0) is 61.3 Å². The van der Waals surface area contributed by atoms with Crippen LogP contribution in [0.4, 0.5) is 4.79 Å². The Hall–Kier alpha value is -6.93. The Labute approximate surface area is 393 Å². The predicted molar refractivity (Wildman–Crippen MR) is 260 cm³/mol. The van der Waals surface area contributed by atoms with Crippen molar-refractivity contribution < 1.29 is 38.3 Å². The number of hydrogen-bond donors (Lipinski definition) is 5. The number of primary amides is 1. The van der Waals surface area contributed by atoms with E-state index in [4.69, 9.17) is 10.5 Å². The molecule has 0 saturated heterocycles. The van der Waals surface area contributed by atoms with Crippen LogP contribution in [0.2, 0.25) is 0 Å². The van der Waals surface area contributed by atoms with E-state index in [1.54, 1.807) is 28.3 Å². The van der Waals surface area contributed by atoms with Gasteiger partial charge in [-0.1, -0.05) is 79.4 Å². The molecule has 6 N–H and O–H groups in total. The van der Waals surface area contributed by atoms with Gasteiger partial charge in [-0.25, -0.2) is 4.79 Å². The molecule has 0 fully saturated rings. The second-order valence-electron chi connectivity index (χ2n) is 16.9. The largest absolute Gasteiger partial charge is 0.530 e. The summed E-state index contributed by atoms with van der Waals surface area (Å²) in [6.07, 6.45) is 12.8. The van der Waals surface area contributed by atoms with Gasteiger partial charge in [-0.3, -0.25) is 19.3 Å². The molecule has 0 saturated carbocycles. The third-order valence-corrected chi connectivity index (χ3v) is 10.1. The van der Waals surface area contributed by atoms with E-state index in [1.165, 1.54) is 27.8 Å². The zero-order chi connectivity index (χ0) is 49.0. The standard InChI is InChI=1S/C16H28N3O4.C15H22N2O2.C11H14O.C9H12N2O.Fm/c20-13-7-4-8-16(23)19(12-10-18-15-22)11-6-3-1-2-5-9-17-14-21;1-15(2,3)19-14(18)17-9-12-7-5-6-11(8-16-4)13(12)10-17;1-10-5-7-11(8-6-10)4-2-3-9-12;1-11-6-7-2-4-8(5-3-7)9(10)12;/h13,15H,1-12H2,(H,17,21)(H,18,22);5-7,16H,8-10H2,1-4H3;5-9H,2-4H2,1H3;2-5,11H,6H2,1H3,(H2,10,12);/q-1;;;;. The van der Waals surface area contributed by atoms with Gasteiger partial charge >= 0.3 is 6.09 Å². The molecule has 67 heavy (non-hydrogen) atoms. The number of nitrogens with zero attached hydrogens (tertiary/aromatic N) is 2. The summed E-state index contributed by atoms with van der Waals surface area (Å²) in [4.78, 5) is 79.0. The first-order chi connectivity index (χ1) is 31.7. The Bertz CT molecular complexity index is 1860. The number of rotatable bonds is 26. The first kappa shape index (κ1) is 60.1. The van der Waals surface area contributed by atoms with Crippen LogP contribution in [0.15, 0.2) is 66.7 Å². The molecular weight excluding hydrogens is 1100 g/mol. The number of amides is 5. The van der Waals surface area contributed by atoms with Gasteiger partial charge in [-0.05, 0) is 120 Å². The summed E-state index contributed by atoms with van der Waals surface area (Å²) in [5.74, 6) is -0.351. The smallest absolute Gasteiger partial charge is 0.410 e. The molecule has 15 nitrogen and oxygen atoms in total. The van der Waals surface area contributed by atoms with Crippen LogP contribution in [0, 0.1) is 6.92 Å². The van der Waals surface area contributed by atoms with Gasteiger partial charge in [0.05, 0.1) is 6.54 Å². The summed E-state index contributed by atoms with van der Waals surface area (Å²) in [6.45, 7) is 12.9. The van der Waals surface area contributed by atoms with Crippen LogP contribution < -0.4 is 27.0 Å². The molecule has 4 rings (SSSR count). The molecule has 5 amide bonds. The predicted octanol–water partition coefficient (Wildman–Crippen LogP) is 6.22. The van der Waals surface area contributed by atoms with Crippen LogP contribution in [-0.4, -0.2) is 99.0 Å². The fourth-order valence-electron chi connectivity index (χ4n) is 6.65. The molecule has 376 valence electrons. The summed E-state index contributed by atoms with van der Waals surface area (Å²) >= 11 is 0. The van der Waals surface area contributed by atoms with Gasteiger partial charge in [0.15, 0.2) is 0 Å². The molecule has 16 heteroatoms. The van der Waals surface area contributed by atoms with Crippen molar-refractivity contribution in [3.8, 4) is 0 Å². The van der Waals surface area contributed by atoms with Gasteiger partial charge in [0, 0.05) is 64.1 Å². The maximum Gasteiger partial charge on any atom is 0.410 e. The topological polar surface area (TPSA) is 209 Å². The fraction of sp³-hybridized carbons (Fsp3) is 0.510. The molecule has 0 unspecified atom stereocenters. The van der Waals surface area contributed by atoms with Gasteiger partial charge in [-0.2, -0.15) is 6.41 Å². The molecule has 3 aromatic rings. The maximum atomic E-state index is 12.1. The number of aldehydes is 2. The second-order valence-corrected chi connectivity index (χ2v) is 16.9. The van der Waals surface area contributed by atoms with E-state index in [0.29, 0.717) is 76.9 Å². The number of hydrogen-bond acceptors (Lipinski definition) is 10. The number of nitrogens with two attached hydrogens (primary N) is 1. The van der Waals surface area contributed by atoms with Crippen molar-refractivity contribution in [1.82, 2.24) is 31.1 Å². The van der Waals surface area contributed by atoms with Crippen molar-refractivity contribution in [2.24, 2.45) is 5.73 Å². The maximum absolute atomic E-state index is 12.1. The molecule has 3 aromatic carbocycles. The zero-order valence-corrected chi connectivity index (χ0v) is 42.9. The van der Waals surface area contributed by atoms with E-state index in [2.05, 4.69) is 64.6 Å². The van der Waals surface area contributed by atoms with E-state index in [0.717, 1.165) is 76.2 Å². The minimum absolute atomic E-state index is 0. The Balaban J connectivity index is 0.000000893. The van der Waals surface area contributed by atoms with Gasteiger partial charge in [0.1, 0.15) is 18.2 Å². The molecule has 0 atom stereocenters. The van der Waals surface area contributed by atoms with E-state index < -0.39 is 5.60 Å². The van der Waals surface area contributed by atoms with Crippen molar-refractivity contribution in [3.05, 3.63) is 106 Å². The number of nitrogens with one attached hydrogen (secondary N) is 4. The number of carbonyl (C=O) groups is 6. The number of ether oxygens (including phenoxy) is 1. The Morgan fingerprint density at radius 2 is 1.40 bits per heavy atom. The molecule has 0 aliphatic carbocycles. The van der Waals surface area contributed by atoms with Gasteiger partial charge < -0.3 is 51.0 Å². The third kappa shape index (κ3) is 27.9. The fourth-order valence-corrected chi connectivity index (χ4v) is 6.65. The summed E-state index contributed by atoms with van der Waals surface area (Å²) < 4.78 is 5.42. The van der Waals surface area contributed by atoms with Crippen LogP contribution in [0.5, 0.6) is 0 Å². The Morgan fingerprint density at radius 3 is 2.00 bits per heavy atom. The number of aryl methyl sites for hydroxylation is 2. The quantitative estimate of drug-likeness (QED) is 0.0266. The van der Waals surface area contributed by atoms with E-state index in [1.807, 2.05) is 53.1 Å². The van der Waals surface area contributed by atoms with Crippen LogP contribution in [0.25, 0.3) is 0 Å². The summed E-state index contributed by atoms with van der Waals surface area (Å²) in [6, 6.07) is 21.9. The molecule has 1 heterocycles. The minimum atomic E-state index is -0.445. The Morgan fingerprint density at radius 1 is 0.776 bits per heavy atom. The van der Waals surface area contributed by atoms with Gasteiger partial charge in [0.25, 0.3) is 0 Å². The molecule has 0 spiro atoms. The SMILES string of the molecule is CNCc1ccc(C(N)=O)cc1.CNCc1cccc2c1CN(C(=O)OC(C)(C)C)C2.Cc1ccc(CCCC=O)cc1.O=[C-]NCCCCCCCN(CCNC=O)C(=O)CCCC=O.[Fm]. The number of fused-ring (bicyclic) bond motifs is 1. The number of benzene rings is 3. The monoisotopic (exact) mass is 1170 g/mol. The average molecular weight is 1170 g/mol. The summed E-state index contributed by atoms with van der Waals surface area (Å²) in [5.41, 5.74) is 12.7. The van der Waals surface area contributed by atoms with Crippen molar-refractivity contribution in [2.75, 3.05) is 40.3 Å². The van der Waals surface area contributed by atoms with Crippen LogP contribution in [0.1, 0.15) is 129 Å². The van der Waals surface area contributed by atoms with Crippen molar-refractivity contribution in [1.29, 1.82) is 0 Å². The number of unbranched alkanes of at least 4 members (excludes halogenated alkanes) is 6. The van der Waals surface area contributed by atoms with Gasteiger partial charge in [0.2, 0.25) is 18.2 Å². The number of carbonyl (C=O) groups excluding carboxylic acids is 7. The van der Waals surface area contributed by atoms with Crippen molar-refractivity contribution >= 4 is 43.3 Å². The van der Waals surface area contributed by atoms with Crippen molar-refractivity contribution in [2.45, 2.75) is 130 Å². The molecular formula is C51H76FmN7O8-. The van der Waals surface area contributed by atoms with Crippen LogP contribution >= 0.6 is 0 Å². The summed E-state index contributed by atoms with van der Waals surface area (Å²) in [7, 11) is 3.81. The van der Waals surface area contributed by atoms with Gasteiger partial charge in [-0.15, -0.1) is 0 Å². The van der Waals surface area contributed by atoms with Crippen LogP contribution in [0.3, 0.4) is 0 Å². The summed E-state index contributed by atoms with van der Waals surface area (Å²) in [5, 5.41) is 11.2. The normalized spacial score (nSPS) is 11.0. The zero-order valence-electron chi connectivity index (χ0n) is 40.5. The molecule has 0 radical (unpaired) electrons. The molecule has 1 aliphatic rings. The molecule has 0 aromatic heterocycles. The first-order valence-corrected chi connectivity index (χ1v) is 23.0. The van der Waals surface area contributed by atoms with Crippen molar-refractivity contribution in [3.63, 3.8) is 0 Å². The van der Waals surface area contributed by atoms with E-state index in [9.17, 15) is 33.6 Å².